The van der Waals surface area contributed by atoms with E-state index in [1.165, 1.54) is 44.9 Å². The highest BCUT2D eigenvalue weighted by Crippen LogP contribution is 2.44. The molecule has 0 radical (unpaired) electrons. The van der Waals surface area contributed by atoms with Gasteiger partial charge >= 0.3 is 0 Å². The average molecular weight is 331 g/mol. The molecule has 1 unspecified atom stereocenters. The number of ether oxygens (including phenoxy) is 1. The summed E-state index contributed by atoms with van der Waals surface area (Å²) in [5.74, 6) is 0.504. The van der Waals surface area contributed by atoms with Crippen LogP contribution in [0.2, 0.25) is 0 Å². The molecule has 22 heavy (non-hydrogen) atoms. The highest BCUT2D eigenvalue weighted by Gasteiger charge is 2.38. The first-order valence-corrected chi connectivity index (χ1v) is 8.82. The Morgan fingerprint density at radius 2 is 1.64 bits per heavy atom. The van der Waals surface area contributed by atoms with Gasteiger partial charge in [0.2, 0.25) is 5.91 Å². The molecule has 1 saturated carbocycles. The molecule has 1 spiro atoms. The minimum Gasteiger partial charge on any atom is -0.381 e. The molecule has 2 heterocycles. The lowest BCUT2D eigenvalue weighted by atomic mass is 9.68. The Hall–Kier alpha value is -0.320. The molecular formula is C17H31ClN2O2. The van der Waals surface area contributed by atoms with Crippen LogP contribution in [0.15, 0.2) is 0 Å². The van der Waals surface area contributed by atoms with Gasteiger partial charge in [0.05, 0.1) is 6.04 Å². The lowest BCUT2D eigenvalue weighted by Crippen LogP contribution is -2.52. The normalized spacial score (nSPS) is 27.2. The molecule has 0 aromatic rings. The Morgan fingerprint density at radius 3 is 2.23 bits per heavy atom. The predicted molar refractivity (Wildman–Crippen MR) is 90.1 cm³/mol. The van der Waals surface area contributed by atoms with Crippen molar-refractivity contribution in [2.75, 3.05) is 26.3 Å². The largest absolute Gasteiger partial charge is 0.381 e. The van der Waals surface area contributed by atoms with Crippen LogP contribution >= 0.6 is 12.4 Å². The van der Waals surface area contributed by atoms with Crippen molar-refractivity contribution in [3.05, 3.63) is 0 Å². The number of amides is 1. The Balaban J connectivity index is 0.00000176. The first-order chi connectivity index (χ1) is 10.2. The van der Waals surface area contributed by atoms with E-state index in [2.05, 4.69) is 0 Å². The van der Waals surface area contributed by atoms with Crippen molar-refractivity contribution < 1.29 is 9.53 Å². The molecule has 5 heteroatoms. The number of likely N-dealkylation sites (tertiary alicyclic amines) is 1. The van der Waals surface area contributed by atoms with Gasteiger partial charge in [-0.3, -0.25) is 4.79 Å². The summed E-state index contributed by atoms with van der Waals surface area (Å²) in [6, 6.07) is -0.311. The van der Waals surface area contributed by atoms with E-state index in [-0.39, 0.29) is 24.4 Å². The number of halogens is 1. The smallest absolute Gasteiger partial charge is 0.239 e. The minimum absolute atomic E-state index is 0. The van der Waals surface area contributed by atoms with Gasteiger partial charge in [-0.25, -0.2) is 0 Å². The van der Waals surface area contributed by atoms with Gasteiger partial charge in [0.25, 0.3) is 0 Å². The molecule has 1 amide bonds. The molecule has 2 saturated heterocycles. The monoisotopic (exact) mass is 330 g/mol. The molecule has 128 valence electrons. The van der Waals surface area contributed by atoms with E-state index >= 15 is 0 Å². The van der Waals surface area contributed by atoms with E-state index in [9.17, 15) is 4.79 Å². The molecule has 3 rings (SSSR count). The van der Waals surface area contributed by atoms with Gasteiger partial charge in [-0.2, -0.15) is 0 Å². The van der Waals surface area contributed by atoms with Gasteiger partial charge in [-0.15, -0.1) is 12.4 Å². The fraction of sp³-hybridized carbons (Fsp3) is 0.941. The molecule has 1 aliphatic carbocycles. The van der Waals surface area contributed by atoms with Gasteiger partial charge < -0.3 is 15.4 Å². The fourth-order valence-corrected chi connectivity index (χ4v) is 4.49. The maximum absolute atomic E-state index is 12.6. The van der Waals surface area contributed by atoms with Crippen LogP contribution in [0.1, 0.15) is 57.8 Å². The second-order valence-electron chi connectivity index (χ2n) is 7.36. The number of piperidine rings is 1. The second kappa shape index (κ2) is 7.98. The summed E-state index contributed by atoms with van der Waals surface area (Å²) in [6.45, 7) is 3.37. The van der Waals surface area contributed by atoms with Crippen molar-refractivity contribution >= 4 is 18.3 Å². The average Bonchev–Trinajstić information content (AvgIpc) is 2.56. The molecule has 2 N–H and O–H groups in total. The number of carbonyl (C=O) groups excluding carboxylic acids is 1. The van der Waals surface area contributed by atoms with E-state index < -0.39 is 0 Å². The summed E-state index contributed by atoms with van der Waals surface area (Å²) in [6.07, 6.45) is 11.2. The van der Waals surface area contributed by atoms with E-state index in [0.29, 0.717) is 11.3 Å². The van der Waals surface area contributed by atoms with E-state index in [1.807, 2.05) is 4.90 Å². The molecule has 0 aromatic heterocycles. The molecule has 2 aliphatic heterocycles. The molecule has 0 aromatic carbocycles. The number of nitrogens with zero attached hydrogens (tertiary/aromatic N) is 1. The third-order valence-electron chi connectivity index (χ3n) is 6.11. The lowest BCUT2D eigenvalue weighted by Gasteiger charge is -2.45. The number of hydrogen-bond acceptors (Lipinski definition) is 3. The molecule has 4 nitrogen and oxygen atoms in total. The summed E-state index contributed by atoms with van der Waals surface area (Å²) < 4.78 is 5.37. The summed E-state index contributed by atoms with van der Waals surface area (Å²) >= 11 is 0. The highest BCUT2D eigenvalue weighted by molar-refractivity contribution is 5.85. The second-order valence-corrected chi connectivity index (χ2v) is 7.36. The lowest BCUT2D eigenvalue weighted by molar-refractivity contribution is -0.137. The topological polar surface area (TPSA) is 55.6 Å². The van der Waals surface area contributed by atoms with Crippen LogP contribution in [0.25, 0.3) is 0 Å². The van der Waals surface area contributed by atoms with E-state index in [1.54, 1.807) is 0 Å². The Bertz CT molecular complexity index is 356. The molecule has 1 atom stereocenters. The standard InChI is InChI=1S/C17H30N2O2.ClH/c18-15(14-4-12-21-13-5-14)16(20)19-10-8-17(9-11-19)6-2-1-3-7-17;/h14-15H,1-13,18H2;1H. The predicted octanol–water partition coefficient (Wildman–Crippen LogP) is 2.74. The van der Waals surface area contributed by atoms with Gasteiger partial charge in [-0.05, 0) is 49.9 Å². The fourth-order valence-electron chi connectivity index (χ4n) is 4.49. The minimum atomic E-state index is -0.311. The van der Waals surface area contributed by atoms with Crippen LogP contribution in [0.5, 0.6) is 0 Å². The SMILES string of the molecule is Cl.NC(C(=O)N1CCC2(CCCCC2)CC1)C1CCOCC1. The molecule has 3 aliphatic rings. The molecular weight excluding hydrogens is 300 g/mol. The van der Waals surface area contributed by atoms with Crippen LogP contribution in [-0.4, -0.2) is 43.2 Å². The van der Waals surface area contributed by atoms with Gasteiger partial charge in [0.1, 0.15) is 0 Å². The van der Waals surface area contributed by atoms with Crippen molar-refractivity contribution in [3.63, 3.8) is 0 Å². The number of carbonyl (C=O) groups is 1. The van der Waals surface area contributed by atoms with E-state index in [4.69, 9.17) is 10.5 Å². The number of rotatable bonds is 2. The van der Waals surface area contributed by atoms with Crippen LogP contribution < -0.4 is 5.73 Å². The van der Waals surface area contributed by atoms with Crippen LogP contribution in [-0.2, 0) is 9.53 Å². The van der Waals surface area contributed by atoms with Crippen molar-refractivity contribution in [1.29, 1.82) is 0 Å². The van der Waals surface area contributed by atoms with Gasteiger partial charge in [-0.1, -0.05) is 19.3 Å². The first-order valence-electron chi connectivity index (χ1n) is 8.82. The van der Waals surface area contributed by atoms with Crippen molar-refractivity contribution in [2.45, 2.75) is 63.8 Å². The zero-order chi connectivity index (χ0) is 14.7. The zero-order valence-corrected chi connectivity index (χ0v) is 14.4. The Kier molecular flexibility index (Phi) is 6.54. The van der Waals surface area contributed by atoms with Crippen molar-refractivity contribution in [2.24, 2.45) is 17.1 Å². The zero-order valence-electron chi connectivity index (χ0n) is 13.6. The Morgan fingerprint density at radius 1 is 1.05 bits per heavy atom. The van der Waals surface area contributed by atoms with Crippen LogP contribution in [0, 0.1) is 11.3 Å². The van der Waals surface area contributed by atoms with Crippen molar-refractivity contribution in [3.8, 4) is 0 Å². The van der Waals surface area contributed by atoms with Crippen molar-refractivity contribution in [1.82, 2.24) is 4.90 Å². The van der Waals surface area contributed by atoms with Crippen LogP contribution in [0.3, 0.4) is 0 Å². The first kappa shape index (κ1) is 18.0. The van der Waals surface area contributed by atoms with Crippen LogP contribution in [0.4, 0.5) is 0 Å². The third kappa shape index (κ3) is 3.95. The summed E-state index contributed by atoms with van der Waals surface area (Å²) in [5, 5.41) is 0. The third-order valence-corrected chi connectivity index (χ3v) is 6.11. The number of hydrogen-bond donors (Lipinski definition) is 1. The van der Waals surface area contributed by atoms with Gasteiger partial charge in [0.15, 0.2) is 0 Å². The van der Waals surface area contributed by atoms with E-state index in [0.717, 1.165) is 39.1 Å². The summed E-state index contributed by atoms with van der Waals surface area (Å²) in [7, 11) is 0. The summed E-state index contributed by atoms with van der Waals surface area (Å²) in [4.78, 5) is 14.7. The summed E-state index contributed by atoms with van der Waals surface area (Å²) in [5.41, 5.74) is 6.80. The number of nitrogens with two attached hydrogens (primary N) is 1. The highest BCUT2D eigenvalue weighted by atomic mass is 35.5. The van der Waals surface area contributed by atoms with Gasteiger partial charge in [0, 0.05) is 26.3 Å². The molecule has 3 fully saturated rings. The Labute approximate surface area is 140 Å². The quantitative estimate of drug-likeness (QED) is 0.847. The maximum atomic E-state index is 12.6. The molecule has 0 bridgehead atoms. The maximum Gasteiger partial charge on any atom is 0.239 e.